The Kier molecular flexibility index (Phi) is 4.08. The van der Waals surface area contributed by atoms with Gasteiger partial charge in [0.2, 0.25) is 6.71 Å². The van der Waals surface area contributed by atoms with E-state index in [1.54, 1.807) is 11.8 Å². The van der Waals surface area contributed by atoms with Crippen molar-refractivity contribution in [1.82, 2.24) is 15.0 Å². The van der Waals surface area contributed by atoms with Crippen molar-refractivity contribution in [1.29, 1.82) is 0 Å². The molecule has 33 heavy (non-hydrogen) atoms. The monoisotopic (exact) mass is 439 g/mol. The number of benzene rings is 2. The second-order valence-electron chi connectivity index (χ2n) is 8.42. The molecule has 0 N–H and O–H groups in total. The summed E-state index contributed by atoms with van der Waals surface area (Å²) in [5.74, 6) is 0. The fourth-order valence-electron chi connectivity index (χ4n) is 5.56. The molecule has 7 rings (SSSR count). The van der Waals surface area contributed by atoms with Gasteiger partial charge in [-0.1, -0.05) is 77.9 Å². The lowest BCUT2D eigenvalue weighted by atomic mass is 9.32. The number of hydrogen-bond acceptors (Lipinski definition) is 4. The minimum absolute atomic E-state index is 0.0677. The van der Waals surface area contributed by atoms with Crippen LogP contribution in [-0.4, -0.2) is 21.7 Å². The van der Waals surface area contributed by atoms with Crippen LogP contribution >= 0.6 is 11.8 Å². The maximum atomic E-state index is 5.08. The van der Waals surface area contributed by atoms with E-state index in [0.717, 1.165) is 22.0 Å². The quantitative estimate of drug-likeness (QED) is 0.367. The molecule has 3 aromatic heterocycles. The molecule has 2 aliphatic rings. The Balaban J connectivity index is 1.67. The van der Waals surface area contributed by atoms with Gasteiger partial charge in [0.1, 0.15) is 5.41 Å². The van der Waals surface area contributed by atoms with Gasteiger partial charge in [-0.15, -0.1) is 0 Å². The lowest BCUT2D eigenvalue weighted by Gasteiger charge is -2.44. The van der Waals surface area contributed by atoms with Crippen LogP contribution < -0.4 is 16.4 Å². The van der Waals surface area contributed by atoms with Crippen LogP contribution in [0.4, 0.5) is 0 Å². The summed E-state index contributed by atoms with van der Waals surface area (Å²) in [5, 5.41) is 0. The van der Waals surface area contributed by atoms with Crippen LogP contribution in [0.2, 0.25) is 0 Å². The third-order valence-corrected chi connectivity index (χ3v) is 7.91. The van der Waals surface area contributed by atoms with E-state index in [4.69, 9.17) is 15.0 Å². The molecule has 0 amide bonds. The third-order valence-electron chi connectivity index (χ3n) is 6.78. The summed E-state index contributed by atoms with van der Waals surface area (Å²) >= 11 is 1.78. The minimum Gasteiger partial charge on any atom is -0.260 e. The fourth-order valence-corrected chi connectivity index (χ4v) is 6.72. The van der Waals surface area contributed by atoms with E-state index in [1.165, 1.54) is 26.8 Å². The molecule has 5 heteroatoms. The van der Waals surface area contributed by atoms with Crippen LogP contribution in [0, 0.1) is 0 Å². The van der Waals surface area contributed by atoms with Crippen LogP contribution in [-0.2, 0) is 5.41 Å². The smallest absolute Gasteiger partial charge is 0.246 e. The Labute approximate surface area is 197 Å². The van der Waals surface area contributed by atoms with Crippen molar-refractivity contribution in [2.45, 2.75) is 15.2 Å². The van der Waals surface area contributed by atoms with E-state index in [1.807, 2.05) is 36.8 Å². The summed E-state index contributed by atoms with van der Waals surface area (Å²) in [7, 11) is 0. The van der Waals surface area contributed by atoms with Crippen molar-refractivity contribution in [2.24, 2.45) is 0 Å². The normalized spacial score (nSPS) is 14.7. The Morgan fingerprint density at radius 1 is 0.545 bits per heavy atom. The Hall–Kier alpha value is -3.70. The Morgan fingerprint density at radius 3 is 1.85 bits per heavy atom. The SMILES string of the molecule is c1ccc(B2c3cccnc3C3(c4ccccc4Sc4cccnc43)c3ncccc32)cc1. The molecule has 5 aromatic rings. The zero-order valence-electron chi connectivity index (χ0n) is 17.7. The molecule has 2 aromatic carbocycles. The second-order valence-corrected chi connectivity index (χ2v) is 9.51. The number of hydrogen-bond donors (Lipinski definition) is 0. The largest absolute Gasteiger partial charge is 0.260 e. The summed E-state index contributed by atoms with van der Waals surface area (Å²) in [5.41, 5.74) is 7.28. The maximum absolute atomic E-state index is 5.08. The first kappa shape index (κ1) is 18.8. The van der Waals surface area contributed by atoms with Gasteiger partial charge in [0.25, 0.3) is 0 Å². The molecular weight excluding hydrogens is 421 g/mol. The van der Waals surface area contributed by atoms with Crippen molar-refractivity contribution in [3.8, 4) is 0 Å². The first-order chi connectivity index (χ1) is 16.4. The molecule has 0 atom stereocenters. The molecule has 0 aliphatic carbocycles. The molecular formula is C28H18BN3S. The van der Waals surface area contributed by atoms with Crippen molar-refractivity contribution >= 4 is 34.9 Å². The Bertz CT molecular complexity index is 1420. The van der Waals surface area contributed by atoms with Gasteiger partial charge in [0, 0.05) is 28.4 Å². The van der Waals surface area contributed by atoms with Gasteiger partial charge in [0.15, 0.2) is 0 Å². The highest BCUT2D eigenvalue weighted by molar-refractivity contribution is 7.99. The molecule has 3 nitrogen and oxygen atoms in total. The van der Waals surface area contributed by atoms with Gasteiger partial charge < -0.3 is 0 Å². The zero-order valence-corrected chi connectivity index (χ0v) is 18.5. The van der Waals surface area contributed by atoms with E-state index in [-0.39, 0.29) is 6.71 Å². The van der Waals surface area contributed by atoms with Crippen LogP contribution in [0.15, 0.2) is 119 Å². The number of rotatable bonds is 1. The van der Waals surface area contributed by atoms with Gasteiger partial charge in [-0.2, -0.15) is 0 Å². The highest BCUT2D eigenvalue weighted by atomic mass is 32.2. The first-order valence-electron chi connectivity index (χ1n) is 11.1. The molecule has 2 aliphatic heterocycles. The van der Waals surface area contributed by atoms with Crippen LogP contribution in [0.1, 0.15) is 22.6 Å². The van der Waals surface area contributed by atoms with Gasteiger partial charge in [-0.3, -0.25) is 15.0 Å². The zero-order chi connectivity index (χ0) is 21.8. The number of nitrogens with zero attached hydrogens (tertiary/aromatic N) is 3. The average Bonchev–Trinajstić information content (AvgIpc) is 2.89. The topological polar surface area (TPSA) is 38.7 Å². The molecule has 154 valence electrons. The third kappa shape index (κ3) is 2.51. The lowest BCUT2D eigenvalue weighted by Crippen LogP contribution is -2.63. The molecule has 0 saturated carbocycles. The van der Waals surface area contributed by atoms with Gasteiger partial charge >= 0.3 is 0 Å². The van der Waals surface area contributed by atoms with Crippen molar-refractivity contribution in [2.75, 3.05) is 0 Å². The van der Waals surface area contributed by atoms with Crippen LogP contribution in [0.3, 0.4) is 0 Å². The molecule has 0 fully saturated rings. The van der Waals surface area contributed by atoms with E-state index < -0.39 is 5.41 Å². The lowest BCUT2D eigenvalue weighted by molar-refractivity contribution is 0.634. The van der Waals surface area contributed by atoms with Crippen LogP contribution in [0.25, 0.3) is 0 Å². The van der Waals surface area contributed by atoms with Gasteiger partial charge in [0.05, 0.1) is 17.1 Å². The summed E-state index contributed by atoms with van der Waals surface area (Å²) < 4.78 is 0. The van der Waals surface area contributed by atoms with Crippen molar-refractivity contribution in [3.05, 3.63) is 132 Å². The predicted octanol–water partition coefficient (Wildman–Crippen LogP) is 3.55. The standard InChI is InChI=1S/C28H18BN3S/c1-2-9-19(10-3-1)29-21-12-6-16-30-25(21)28(26-22(29)13-7-17-31-26)20-11-4-5-14-23(20)33-24-15-8-18-32-27(24)28/h1-18H. The van der Waals surface area contributed by atoms with Gasteiger partial charge in [-0.25, -0.2) is 0 Å². The molecule has 0 radical (unpaired) electrons. The average molecular weight is 439 g/mol. The number of fused-ring (bicyclic) bond motifs is 8. The first-order valence-corrected chi connectivity index (χ1v) is 11.9. The summed E-state index contributed by atoms with van der Waals surface area (Å²) in [6, 6.07) is 32.1. The van der Waals surface area contributed by atoms with E-state index in [9.17, 15) is 0 Å². The van der Waals surface area contributed by atoms with Gasteiger partial charge in [-0.05, 0) is 46.8 Å². The molecule has 0 unspecified atom stereocenters. The summed E-state index contributed by atoms with van der Waals surface area (Å²) in [6.45, 7) is 0.0677. The second kappa shape index (κ2) is 7.16. The minimum atomic E-state index is -0.656. The molecule has 0 saturated heterocycles. The maximum Gasteiger partial charge on any atom is 0.246 e. The van der Waals surface area contributed by atoms with Crippen molar-refractivity contribution in [3.63, 3.8) is 0 Å². The van der Waals surface area contributed by atoms with Crippen molar-refractivity contribution < 1.29 is 0 Å². The summed E-state index contributed by atoms with van der Waals surface area (Å²) in [4.78, 5) is 17.5. The van der Waals surface area contributed by atoms with E-state index in [2.05, 4.69) is 72.8 Å². The predicted molar refractivity (Wildman–Crippen MR) is 133 cm³/mol. The molecule has 5 heterocycles. The summed E-state index contributed by atoms with van der Waals surface area (Å²) in [6.07, 6.45) is 5.71. The van der Waals surface area contributed by atoms with Crippen LogP contribution in [0.5, 0.6) is 0 Å². The fraction of sp³-hybridized carbons (Fsp3) is 0.0357. The highest BCUT2D eigenvalue weighted by Crippen LogP contribution is 2.54. The Morgan fingerprint density at radius 2 is 1.12 bits per heavy atom. The molecule has 0 bridgehead atoms. The number of pyridine rings is 3. The van der Waals surface area contributed by atoms with E-state index in [0.29, 0.717) is 0 Å². The molecule has 1 spiro atoms. The highest BCUT2D eigenvalue weighted by Gasteiger charge is 2.54. The number of aromatic nitrogens is 3. The van der Waals surface area contributed by atoms with E-state index >= 15 is 0 Å².